The SMILES string of the molecule is C[C@@H](NCc1cnc(N(C)C)n1C)c1ccco1. The normalized spacial score (nSPS) is 12.7. The van der Waals surface area contributed by atoms with Gasteiger partial charge in [0.05, 0.1) is 24.2 Å². The van der Waals surface area contributed by atoms with E-state index in [0.717, 1.165) is 23.9 Å². The fourth-order valence-electron chi connectivity index (χ4n) is 1.91. The smallest absolute Gasteiger partial charge is 0.204 e. The van der Waals surface area contributed by atoms with Gasteiger partial charge >= 0.3 is 0 Å². The van der Waals surface area contributed by atoms with Gasteiger partial charge in [-0.15, -0.1) is 0 Å². The molecule has 1 atom stereocenters. The maximum atomic E-state index is 5.36. The van der Waals surface area contributed by atoms with Crippen LogP contribution in [0.3, 0.4) is 0 Å². The Hall–Kier alpha value is -1.75. The van der Waals surface area contributed by atoms with Gasteiger partial charge in [-0.05, 0) is 19.1 Å². The third-order valence-corrected chi connectivity index (χ3v) is 3.02. The van der Waals surface area contributed by atoms with E-state index in [1.165, 1.54) is 0 Å². The highest BCUT2D eigenvalue weighted by molar-refractivity contribution is 5.30. The molecule has 2 aromatic heterocycles. The second kappa shape index (κ2) is 5.27. The molecule has 0 aromatic carbocycles. The van der Waals surface area contributed by atoms with Crippen LogP contribution in [-0.2, 0) is 13.6 Å². The highest BCUT2D eigenvalue weighted by Crippen LogP contribution is 2.15. The van der Waals surface area contributed by atoms with Crippen molar-refractivity contribution in [3.8, 4) is 0 Å². The molecule has 0 spiro atoms. The van der Waals surface area contributed by atoms with Crippen molar-refractivity contribution in [3.05, 3.63) is 36.0 Å². The van der Waals surface area contributed by atoms with Crippen LogP contribution in [0.25, 0.3) is 0 Å². The molecule has 0 amide bonds. The molecule has 0 aliphatic carbocycles. The number of hydrogen-bond acceptors (Lipinski definition) is 4. The number of anilines is 1. The van der Waals surface area contributed by atoms with Crippen LogP contribution in [0.1, 0.15) is 24.4 Å². The Balaban J connectivity index is 1.98. The minimum atomic E-state index is 0.192. The minimum absolute atomic E-state index is 0.192. The van der Waals surface area contributed by atoms with E-state index in [-0.39, 0.29) is 6.04 Å². The molecule has 2 heterocycles. The molecule has 5 nitrogen and oxygen atoms in total. The van der Waals surface area contributed by atoms with Crippen molar-refractivity contribution in [3.63, 3.8) is 0 Å². The lowest BCUT2D eigenvalue weighted by atomic mass is 10.2. The Morgan fingerprint density at radius 3 is 2.83 bits per heavy atom. The predicted octanol–water partition coefficient (Wildman–Crippen LogP) is 1.93. The van der Waals surface area contributed by atoms with Crippen LogP contribution in [-0.4, -0.2) is 23.6 Å². The second-order valence-corrected chi connectivity index (χ2v) is 4.62. The summed E-state index contributed by atoms with van der Waals surface area (Å²) >= 11 is 0. The van der Waals surface area contributed by atoms with E-state index < -0.39 is 0 Å². The number of hydrogen-bond donors (Lipinski definition) is 1. The van der Waals surface area contributed by atoms with E-state index in [1.54, 1.807) is 6.26 Å². The fraction of sp³-hybridized carbons (Fsp3) is 0.462. The topological polar surface area (TPSA) is 46.2 Å². The van der Waals surface area contributed by atoms with Gasteiger partial charge in [-0.2, -0.15) is 0 Å². The summed E-state index contributed by atoms with van der Waals surface area (Å²) in [6, 6.07) is 4.08. The predicted molar refractivity (Wildman–Crippen MR) is 71.5 cm³/mol. The standard InChI is InChI=1S/C13H20N4O/c1-10(12-6-5-7-18-12)14-8-11-9-15-13(16(2)3)17(11)4/h5-7,9-10,14H,8H2,1-4H3/t10-/m1/s1. The number of rotatable bonds is 5. The first kappa shape index (κ1) is 12.7. The van der Waals surface area contributed by atoms with E-state index in [9.17, 15) is 0 Å². The number of imidazole rings is 1. The quantitative estimate of drug-likeness (QED) is 0.878. The van der Waals surface area contributed by atoms with Crippen molar-refractivity contribution in [2.24, 2.45) is 7.05 Å². The lowest BCUT2D eigenvalue weighted by Crippen LogP contribution is -2.20. The summed E-state index contributed by atoms with van der Waals surface area (Å²) in [6.45, 7) is 2.85. The van der Waals surface area contributed by atoms with Gasteiger partial charge < -0.3 is 19.2 Å². The Labute approximate surface area is 107 Å². The Kier molecular flexibility index (Phi) is 3.72. The molecule has 5 heteroatoms. The molecule has 0 aliphatic rings. The Bertz CT molecular complexity index is 487. The van der Waals surface area contributed by atoms with Crippen molar-refractivity contribution >= 4 is 5.95 Å². The van der Waals surface area contributed by atoms with Crippen LogP contribution in [0.2, 0.25) is 0 Å². The number of aromatic nitrogens is 2. The molecule has 1 N–H and O–H groups in total. The number of nitrogens with one attached hydrogen (secondary N) is 1. The molecule has 0 bridgehead atoms. The van der Waals surface area contributed by atoms with Gasteiger partial charge in [-0.3, -0.25) is 0 Å². The average Bonchev–Trinajstić information content (AvgIpc) is 2.95. The molecule has 2 rings (SSSR count). The zero-order valence-electron chi connectivity index (χ0n) is 11.3. The summed E-state index contributed by atoms with van der Waals surface area (Å²) in [4.78, 5) is 6.38. The average molecular weight is 248 g/mol. The summed E-state index contributed by atoms with van der Waals surface area (Å²) in [6.07, 6.45) is 3.60. The summed E-state index contributed by atoms with van der Waals surface area (Å²) in [7, 11) is 6.01. The highest BCUT2D eigenvalue weighted by atomic mass is 16.3. The summed E-state index contributed by atoms with van der Waals surface area (Å²) in [5.41, 5.74) is 1.15. The molecule has 0 saturated carbocycles. The first-order valence-corrected chi connectivity index (χ1v) is 6.04. The van der Waals surface area contributed by atoms with Crippen LogP contribution in [0.5, 0.6) is 0 Å². The summed E-state index contributed by atoms with van der Waals surface area (Å²) in [5, 5.41) is 3.42. The number of furan rings is 1. The molecule has 0 aliphatic heterocycles. The Morgan fingerprint density at radius 1 is 1.50 bits per heavy atom. The van der Waals surface area contributed by atoms with Gasteiger partial charge in [0, 0.05) is 27.7 Å². The molecule has 0 fully saturated rings. The lowest BCUT2D eigenvalue weighted by molar-refractivity contribution is 0.427. The zero-order valence-corrected chi connectivity index (χ0v) is 11.3. The molecule has 98 valence electrons. The largest absolute Gasteiger partial charge is 0.468 e. The molecule has 18 heavy (non-hydrogen) atoms. The van der Waals surface area contributed by atoms with Gasteiger partial charge in [0.2, 0.25) is 5.95 Å². The highest BCUT2D eigenvalue weighted by Gasteiger charge is 2.11. The van der Waals surface area contributed by atoms with E-state index in [4.69, 9.17) is 4.42 Å². The maximum Gasteiger partial charge on any atom is 0.204 e. The van der Waals surface area contributed by atoms with Crippen molar-refractivity contribution in [2.45, 2.75) is 19.5 Å². The zero-order chi connectivity index (χ0) is 13.1. The molecule has 0 saturated heterocycles. The van der Waals surface area contributed by atoms with Crippen LogP contribution < -0.4 is 10.2 Å². The maximum absolute atomic E-state index is 5.36. The first-order valence-electron chi connectivity index (χ1n) is 6.04. The van der Waals surface area contributed by atoms with Crippen LogP contribution in [0.15, 0.2) is 29.0 Å². The van der Waals surface area contributed by atoms with Gasteiger partial charge in [0.15, 0.2) is 0 Å². The third kappa shape index (κ3) is 2.56. The molecule has 2 aromatic rings. The summed E-state index contributed by atoms with van der Waals surface area (Å²) < 4.78 is 7.45. The molecule has 0 radical (unpaired) electrons. The first-order chi connectivity index (χ1) is 8.59. The van der Waals surface area contributed by atoms with Crippen LogP contribution >= 0.6 is 0 Å². The van der Waals surface area contributed by atoms with E-state index in [2.05, 4.69) is 21.8 Å². The third-order valence-electron chi connectivity index (χ3n) is 3.02. The van der Waals surface area contributed by atoms with Gasteiger partial charge in [0.25, 0.3) is 0 Å². The van der Waals surface area contributed by atoms with E-state index in [1.807, 2.05) is 44.4 Å². The van der Waals surface area contributed by atoms with Gasteiger partial charge in [0.1, 0.15) is 5.76 Å². The van der Waals surface area contributed by atoms with Crippen molar-refractivity contribution in [1.82, 2.24) is 14.9 Å². The minimum Gasteiger partial charge on any atom is -0.468 e. The van der Waals surface area contributed by atoms with E-state index in [0.29, 0.717) is 0 Å². The summed E-state index contributed by atoms with van der Waals surface area (Å²) in [5.74, 6) is 1.91. The van der Waals surface area contributed by atoms with Crippen LogP contribution in [0.4, 0.5) is 5.95 Å². The van der Waals surface area contributed by atoms with Crippen molar-refractivity contribution < 1.29 is 4.42 Å². The monoisotopic (exact) mass is 248 g/mol. The second-order valence-electron chi connectivity index (χ2n) is 4.62. The lowest BCUT2D eigenvalue weighted by Gasteiger charge is -2.14. The molecular formula is C13H20N4O. The molecular weight excluding hydrogens is 228 g/mol. The molecule has 0 unspecified atom stereocenters. The van der Waals surface area contributed by atoms with Crippen molar-refractivity contribution in [2.75, 3.05) is 19.0 Å². The number of nitrogens with zero attached hydrogens (tertiary/aromatic N) is 3. The van der Waals surface area contributed by atoms with E-state index >= 15 is 0 Å². The van der Waals surface area contributed by atoms with Gasteiger partial charge in [-0.25, -0.2) is 4.98 Å². The van der Waals surface area contributed by atoms with Crippen LogP contribution in [0, 0.1) is 0 Å². The van der Waals surface area contributed by atoms with Gasteiger partial charge in [-0.1, -0.05) is 0 Å². The Morgan fingerprint density at radius 2 is 2.28 bits per heavy atom. The fourth-order valence-corrected chi connectivity index (χ4v) is 1.91. The van der Waals surface area contributed by atoms with Crippen molar-refractivity contribution in [1.29, 1.82) is 0 Å².